The molecule has 0 heterocycles. The molecule has 3 aromatic rings. The normalized spacial score (nSPS) is 10.8. The number of hydrogen-bond acceptors (Lipinski definition) is 3. The van der Waals surface area contributed by atoms with Crippen LogP contribution in [0.25, 0.3) is 0 Å². The Morgan fingerprint density at radius 2 is 1.41 bits per heavy atom. The molecule has 0 saturated carbocycles. The number of carbonyl (C=O) groups excluding carboxylic acids is 2. The minimum Gasteiger partial charge on any atom is -0.459 e. The molecule has 0 atom stereocenters. The summed E-state index contributed by atoms with van der Waals surface area (Å²) in [6.07, 6.45) is 0.104. The molecule has 3 rings (SSSR count). The molecular weight excluding hydrogens is 362 g/mol. The number of amides is 1. The van der Waals surface area contributed by atoms with E-state index in [1.54, 1.807) is 38.1 Å². The van der Waals surface area contributed by atoms with Gasteiger partial charge < -0.3 is 10.1 Å². The van der Waals surface area contributed by atoms with E-state index in [0.717, 1.165) is 11.1 Å². The number of carbonyl (C=O) groups is 2. The Balaban J connectivity index is 1.75. The third kappa shape index (κ3) is 5.79. The average Bonchev–Trinajstić information content (AvgIpc) is 2.73. The number of rotatable bonds is 7. The van der Waals surface area contributed by atoms with Crippen LogP contribution in [-0.4, -0.2) is 18.0 Å². The van der Waals surface area contributed by atoms with Gasteiger partial charge in [0.25, 0.3) is 0 Å². The van der Waals surface area contributed by atoms with Crippen LogP contribution in [0.2, 0.25) is 0 Å². The number of hydrogen-bond donors (Lipinski definition) is 1. The van der Waals surface area contributed by atoms with Gasteiger partial charge in [-0.2, -0.15) is 0 Å². The van der Waals surface area contributed by atoms with Crippen LogP contribution < -0.4 is 5.32 Å². The van der Waals surface area contributed by atoms with Crippen LogP contribution in [0.5, 0.6) is 0 Å². The fourth-order valence-corrected chi connectivity index (χ4v) is 3.20. The van der Waals surface area contributed by atoms with Crippen molar-refractivity contribution in [3.05, 3.63) is 102 Å². The Morgan fingerprint density at radius 3 is 1.97 bits per heavy atom. The topological polar surface area (TPSA) is 55.4 Å². The Morgan fingerprint density at radius 1 is 0.828 bits per heavy atom. The van der Waals surface area contributed by atoms with Gasteiger partial charge in [-0.15, -0.1) is 0 Å². The second-order valence-electron chi connectivity index (χ2n) is 7.16. The van der Waals surface area contributed by atoms with E-state index in [1.165, 1.54) is 0 Å². The largest absolute Gasteiger partial charge is 0.459 e. The molecule has 3 aromatic carbocycles. The van der Waals surface area contributed by atoms with Crippen LogP contribution in [0.15, 0.2) is 84.9 Å². The first-order valence-electron chi connectivity index (χ1n) is 9.73. The van der Waals surface area contributed by atoms with Crippen molar-refractivity contribution in [3.8, 4) is 0 Å². The quantitative estimate of drug-likeness (QED) is 0.551. The summed E-state index contributed by atoms with van der Waals surface area (Å²) in [6.45, 7) is 3.60. The van der Waals surface area contributed by atoms with Gasteiger partial charge in [0, 0.05) is 18.0 Å². The summed E-state index contributed by atoms with van der Waals surface area (Å²) in [6, 6.07) is 26.8. The maximum Gasteiger partial charge on any atom is 0.338 e. The molecule has 0 unspecified atom stereocenters. The SMILES string of the molecule is CC(C)OC(=O)c1cccc(NC(=O)CC(c2ccccc2)c2ccccc2)c1. The molecule has 0 aromatic heterocycles. The smallest absolute Gasteiger partial charge is 0.338 e. The van der Waals surface area contributed by atoms with Crippen molar-refractivity contribution in [2.75, 3.05) is 5.32 Å². The van der Waals surface area contributed by atoms with Crippen LogP contribution >= 0.6 is 0 Å². The summed E-state index contributed by atoms with van der Waals surface area (Å²) in [7, 11) is 0. The summed E-state index contributed by atoms with van der Waals surface area (Å²) in [5.41, 5.74) is 3.17. The Kier molecular flexibility index (Phi) is 6.80. The number of esters is 1. The van der Waals surface area contributed by atoms with Gasteiger partial charge in [0.1, 0.15) is 0 Å². The van der Waals surface area contributed by atoms with E-state index in [0.29, 0.717) is 17.7 Å². The van der Waals surface area contributed by atoms with Crippen molar-refractivity contribution in [2.24, 2.45) is 0 Å². The molecule has 0 aliphatic rings. The van der Waals surface area contributed by atoms with E-state index >= 15 is 0 Å². The monoisotopic (exact) mass is 387 g/mol. The first kappa shape index (κ1) is 20.3. The van der Waals surface area contributed by atoms with Crippen LogP contribution in [-0.2, 0) is 9.53 Å². The molecule has 0 bridgehead atoms. The van der Waals surface area contributed by atoms with E-state index in [2.05, 4.69) is 5.32 Å². The highest BCUT2D eigenvalue weighted by Crippen LogP contribution is 2.28. The number of anilines is 1. The first-order chi connectivity index (χ1) is 14.0. The van der Waals surface area contributed by atoms with Crippen LogP contribution in [0.1, 0.15) is 47.7 Å². The lowest BCUT2D eigenvalue weighted by Gasteiger charge is -2.18. The molecule has 1 amide bonds. The highest BCUT2D eigenvalue weighted by atomic mass is 16.5. The standard InChI is InChI=1S/C25H25NO3/c1-18(2)29-25(28)21-14-9-15-22(16-21)26-24(27)17-23(19-10-5-3-6-11-19)20-12-7-4-8-13-20/h3-16,18,23H,17H2,1-2H3,(H,26,27). The summed E-state index contributed by atoms with van der Waals surface area (Å²) in [4.78, 5) is 24.9. The van der Waals surface area contributed by atoms with Gasteiger partial charge in [-0.1, -0.05) is 66.7 Å². The molecule has 0 aliphatic carbocycles. The minimum atomic E-state index is -0.400. The summed E-state index contributed by atoms with van der Waals surface area (Å²) >= 11 is 0. The molecule has 29 heavy (non-hydrogen) atoms. The Bertz CT molecular complexity index is 913. The van der Waals surface area contributed by atoms with Gasteiger partial charge in [-0.05, 0) is 43.2 Å². The molecule has 0 radical (unpaired) electrons. The molecule has 148 valence electrons. The second kappa shape index (κ2) is 9.69. The highest BCUT2D eigenvalue weighted by molar-refractivity contribution is 5.95. The first-order valence-corrected chi connectivity index (χ1v) is 9.73. The summed E-state index contributed by atoms with van der Waals surface area (Å²) in [5.74, 6) is -0.564. The van der Waals surface area contributed by atoms with Crippen molar-refractivity contribution in [2.45, 2.75) is 32.3 Å². The zero-order valence-corrected chi connectivity index (χ0v) is 16.7. The molecule has 0 saturated heterocycles. The van der Waals surface area contributed by atoms with Gasteiger partial charge in [-0.25, -0.2) is 4.79 Å². The van der Waals surface area contributed by atoms with Gasteiger partial charge >= 0.3 is 5.97 Å². The van der Waals surface area contributed by atoms with E-state index in [-0.39, 0.29) is 17.9 Å². The zero-order chi connectivity index (χ0) is 20.6. The third-order valence-corrected chi connectivity index (χ3v) is 4.52. The molecular formula is C25H25NO3. The van der Waals surface area contributed by atoms with Crippen LogP contribution in [0.3, 0.4) is 0 Å². The Hall–Kier alpha value is -3.40. The van der Waals surface area contributed by atoms with E-state index in [4.69, 9.17) is 4.74 Å². The van der Waals surface area contributed by atoms with Crippen molar-refractivity contribution >= 4 is 17.6 Å². The lowest BCUT2D eigenvalue weighted by Crippen LogP contribution is -2.17. The van der Waals surface area contributed by atoms with E-state index < -0.39 is 5.97 Å². The molecule has 0 spiro atoms. The maximum atomic E-state index is 12.8. The maximum absolute atomic E-state index is 12.8. The third-order valence-electron chi connectivity index (χ3n) is 4.52. The molecule has 1 N–H and O–H groups in total. The number of benzene rings is 3. The van der Waals surface area contributed by atoms with E-state index in [1.807, 2.05) is 60.7 Å². The molecule has 0 aliphatic heterocycles. The van der Waals surface area contributed by atoms with Gasteiger partial charge in [0.2, 0.25) is 5.91 Å². The van der Waals surface area contributed by atoms with Crippen molar-refractivity contribution in [1.82, 2.24) is 0 Å². The fraction of sp³-hybridized carbons (Fsp3) is 0.200. The summed E-state index contributed by atoms with van der Waals surface area (Å²) in [5, 5.41) is 2.91. The lowest BCUT2D eigenvalue weighted by molar-refractivity contribution is -0.116. The predicted octanol–water partition coefficient (Wildman–Crippen LogP) is 5.41. The van der Waals surface area contributed by atoms with E-state index in [9.17, 15) is 9.59 Å². The highest BCUT2D eigenvalue weighted by Gasteiger charge is 2.18. The predicted molar refractivity (Wildman–Crippen MR) is 115 cm³/mol. The van der Waals surface area contributed by atoms with Crippen molar-refractivity contribution in [3.63, 3.8) is 0 Å². The van der Waals surface area contributed by atoms with Crippen LogP contribution in [0.4, 0.5) is 5.69 Å². The van der Waals surface area contributed by atoms with Crippen LogP contribution in [0, 0.1) is 0 Å². The minimum absolute atomic E-state index is 0.0495. The van der Waals surface area contributed by atoms with Crippen molar-refractivity contribution in [1.29, 1.82) is 0 Å². The van der Waals surface area contributed by atoms with Gasteiger partial charge in [0.05, 0.1) is 11.7 Å². The summed E-state index contributed by atoms with van der Waals surface area (Å²) < 4.78 is 5.22. The lowest BCUT2D eigenvalue weighted by atomic mass is 9.88. The van der Waals surface area contributed by atoms with Crippen molar-refractivity contribution < 1.29 is 14.3 Å². The zero-order valence-electron chi connectivity index (χ0n) is 16.7. The van der Waals surface area contributed by atoms with Gasteiger partial charge in [0.15, 0.2) is 0 Å². The van der Waals surface area contributed by atoms with Gasteiger partial charge in [-0.3, -0.25) is 4.79 Å². The molecule has 4 nitrogen and oxygen atoms in total. The molecule has 0 fully saturated rings. The fourth-order valence-electron chi connectivity index (χ4n) is 3.20. The average molecular weight is 387 g/mol. The second-order valence-corrected chi connectivity index (χ2v) is 7.16. The number of ether oxygens (including phenoxy) is 1. The Labute approximate surface area is 171 Å². The number of nitrogens with one attached hydrogen (secondary N) is 1. The molecule has 4 heteroatoms.